The molecule has 38 heavy (non-hydrogen) atoms. The minimum atomic E-state index is -0.0376. The zero-order valence-electron chi connectivity index (χ0n) is 21.5. The second-order valence-electron chi connectivity index (χ2n) is 9.61. The Kier molecular flexibility index (Phi) is 6.36. The van der Waals surface area contributed by atoms with Crippen LogP contribution in [0.4, 0.5) is 16.3 Å². The molecule has 0 saturated carbocycles. The van der Waals surface area contributed by atoms with Crippen molar-refractivity contribution in [2.45, 2.75) is 25.3 Å². The van der Waals surface area contributed by atoms with E-state index in [0.29, 0.717) is 18.3 Å². The van der Waals surface area contributed by atoms with Crippen LogP contribution in [0.1, 0.15) is 18.4 Å². The molecule has 194 valence electrons. The maximum atomic E-state index is 13.0. The molecule has 2 aliphatic heterocycles. The van der Waals surface area contributed by atoms with Gasteiger partial charge < -0.3 is 24.6 Å². The van der Waals surface area contributed by atoms with Crippen molar-refractivity contribution in [1.29, 1.82) is 0 Å². The molecule has 4 aromatic rings. The highest BCUT2D eigenvalue weighted by atomic mass is 16.5. The highest BCUT2D eigenvalue weighted by Crippen LogP contribution is 2.29. The molecule has 1 saturated heterocycles. The van der Waals surface area contributed by atoms with E-state index in [1.54, 1.807) is 19.6 Å². The summed E-state index contributed by atoms with van der Waals surface area (Å²) < 4.78 is 13.3. The molecule has 2 amide bonds. The number of aromatic nitrogens is 4. The van der Waals surface area contributed by atoms with Gasteiger partial charge in [0.05, 0.1) is 37.5 Å². The zero-order chi connectivity index (χ0) is 26.1. The van der Waals surface area contributed by atoms with Crippen molar-refractivity contribution in [1.82, 2.24) is 19.9 Å². The molecule has 0 aliphatic carbocycles. The highest BCUT2D eigenvalue weighted by molar-refractivity contribution is 5.91. The third kappa shape index (κ3) is 4.77. The van der Waals surface area contributed by atoms with Crippen LogP contribution in [0, 0.1) is 0 Å². The van der Waals surface area contributed by atoms with Crippen LogP contribution in [0.25, 0.3) is 11.0 Å². The lowest BCUT2D eigenvalue weighted by atomic mass is 10.0. The molecule has 6 rings (SSSR count). The summed E-state index contributed by atoms with van der Waals surface area (Å²) in [6.07, 6.45) is 5.90. The molecular formula is C28H30N7O3+. The van der Waals surface area contributed by atoms with Crippen LogP contribution in [-0.4, -0.2) is 58.7 Å². The van der Waals surface area contributed by atoms with Gasteiger partial charge in [0.25, 0.3) is 18.0 Å². The maximum Gasteiger partial charge on any atom is 0.322 e. The Morgan fingerprint density at radius 1 is 1.03 bits per heavy atom. The summed E-state index contributed by atoms with van der Waals surface area (Å²) in [5.74, 6) is 2.70. The first-order valence-corrected chi connectivity index (χ1v) is 12.8. The van der Waals surface area contributed by atoms with E-state index in [2.05, 4.69) is 25.2 Å². The molecule has 1 N–H and O–H groups in total. The van der Waals surface area contributed by atoms with E-state index >= 15 is 0 Å². The molecule has 2 aromatic heterocycles. The number of hydrogen-bond acceptors (Lipinski definition) is 7. The SMILES string of the molecule is COc1ccc2c(c1)CCN(C1CCN(c3cc(Oc4cnc5ccccc5n4)[n+](C)cn3)CC1)C(=O)N2. The first-order valence-electron chi connectivity index (χ1n) is 12.8. The predicted molar refractivity (Wildman–Crippen MR) is 143 cm³/mol. The number of piperidine rings is 1. The zero-order valence-corrected chi connectivity index (χ0v) is 21.5. The molecule has 2 aromatic carbocycles. The molecule has 0 radical (unpaired) electrons. The number of para-hydroxylation sites is 2. The summed E-state index contributed by atoms with van der Waals surface area (Å²) in [7, 11) is 3.55. The van der Waals surface area contributed by atoms with Crippen LogP contribution in [-0.2, 0) is 13.5 Å². The first kappa shape index (κ1) is 23.9. The number of anilines is 2. The monoisotopic (exact) mass is 512 g/mol. The van der Waals surface area contributed by atoms with Gasteiger partial charge in [-0.3, -0.25) is 0 Å². The number of nitrogens with one attached hydrogen (secondary N) is 1. The van der Waals surface area contributed by atoms with Crippen molar-refractivity contribution >= 4 is 28.6 Å². The van der Waals surface area contributed by atoms with Gasteiger partial charge in [-0.25, -0.2) is 19.3 Å². The van der Waals surface area contributed by atoms with Crippen LogP contribution < -0.4 is 24.3 Å². The van der Waals surface area contributed by atoms with Gasteiger partial charge in [-0.05, 0) is 60.1 Å². The number of carbonyl (C=O) groups is 1. The Bertz CT molecular complexity index is 1490. The second-order valence-corrected chi connectivity index (χ2v) is 9.61. The van der Waals surface area contributed by atoms with Gasteiger partial charge in [-0.15, -0.1) is 0 Å². The largest absolute Gasteiger partial charge is 0.497 e. The molecule has 10 heteroatoms. The van der Waals surface area contributed by atoms with Crippen molar-refractivity contribution in [3.63, 3.8) is 0 Å². The van der Waals surface area contributed by atoms with Gasteiger partial charge in [0.2, 0.25) is 5.88 Å². The molecule has 10 nitrogen and oxygen atoms in total. The molecule has 4 heterocycles. The van der Waals surface area contributed by atoms with E-state index in [0.717, 1.165) is 66.2 Å². The van der Waals surface area contributed by atoms with Crippen molar-refractivity contribution in [3.8, 4) is 17.5 Å². The Morgan fingerprint density at radius 3 is 2.66 bits per heavy atom. The smallest absolute Gasteiger partial charge is 0.322 e. The summed E-state index contributed by atoms with van der Waals surface area (Å²) >= 11 is 0. The quantitative estimate of drug-likeness (QED) is 0.407. The normalized spacial score (nSPS) is 16.1. The lowest BCUT2D eigenvalue weighted by Gasteiger charge is -2.37. The standard InChI is InChI=1S/C28H29N7O3/c1-33-18-30-25(16-27(33)38-26-17-29-23-5-3-4-6-24(23)31-26)34-12-10-20(11-13-34)35-14-9-19-15-21(37-2)7-8-22(19)32-28(35)36/h3-8,15-18,20H,9-14H2,1-2H3/p+1. The number of fused-ring (bicyclic) bond motifs is 2. The number of urea groups is 1. The van der Waals surface area contributed by atoms with Crippen LogP contribution in [0.3, 0.4) is 0 Å². The number of hydrogen-bond donors (Lipinski definition) is 1. The van der Waals surface area contributed by atoms with Gasteiger partial charge >= 0.3 is 6.03 Å². The molecule has 0 spiro atoms. The Labute approximate surface area is 220 Å². The first-order chi connectivity index (χ1) is 18.6. The van der Waals surface area contributed by atoms with Crippen LogP contribution in [0.5, 0.6) is 17.5 Å². The van der Waals surface area contributed by atoms with E-state index in [9.17, 15) is 4.79 Å². The number of rotatable bonds is 5. The Hall–Kier alpha value is -4.47. The third-order valence-electron chi connectivity index (χ3n) is 7.27. The fourth-order valence-corrected chi connectivity index (χ4v) is 5.13. The van der Waals surface area contributed by atoms with Crippen molar-refractivity contribution in [3.05, 3.63) is 66.6 Å². The number of amides is 2. The van der Waals surface area contributed by atoms with E-state index in [1.807, 2.05) is 65.0 Å². The van der Waals surface area contributed by atoms with E-state index < -0.39 is 0 Å². The minimum absolute atomic E-state index is 0.0376. The minimum Gasteiger partial charge on any atom is -0.497 e. The molecular weight excluding hydrogens is 482 g/mol. The number of carbonyl (C=O) groups excluding carboxylic acids is 1. The second kappa shape index (κ2) is 10.1. The van der Waals surface area contributed by atoms with E-state index in [1.165, 1.54) is 0 Å². The molecule has 0 unspecified atom stereocenters. The summed E-state index contributed by atoms with van der Waals surface area (Å²) in [5, 5.41) is 3.09. The van der Waals surface area contributed by atoms with E-state index in [-0.39, 0.29) is 12.1 Å². The molecule has 1 fully saturated rings. The van der Waals surface area contributed by atoms with Crippen molar-refractivity contribution < 1.29 is 18.8 Å². The number of nitrogens with zero attached hydrogens (tertiary/aromatic N) is 6. The fraction of sp³-hybridized carbons (Fsp3) is 0.321. The van der Waals surface area contributed by atoms with Gasteiger partial charge in [-0.2, -0.15) is 0 Å². The van der Waals surface area contributed by atoms with Crippen molar-refractivity contribution in [2.24, 2.45) is 7.05 Å². The van der Waals surface area contributed by atoms with Crippen LogP contribution >= 0.6 is 0 Å². The topological polar surface area (TPSA) is 96.6 Å². The summed E-state index contributed by atoms with van der Waals surface area (Å²) in [6.45, 7) is 2.28. The lowest BCUT2D eigenvalue weighted by Crippen LogP contribution is -2.49. The van der Waals surface area contributed by atoms with Crippen LogP contribution in [0.2, 0.25) is 0 Å². The van der Waals surface area contributed by atoms with Crippen LogP contribution in [0.15, 0.2) is 61.1 Å². The molecule has 0 atom stereocenters. The Balaban J connectivity index is 1.12. The average molecular weight is 513 g/mol. The fourth-order valence-electron chi connectivity index (χ4n) is 5.13. The summed E-state index contributed by atoms with van der Waals surface area (Å²) in [6, 6.07) is 15.6. The van der Waals surface area contributed by atoms with Gasteiger partial charge in [0.15, 0.2) is 0 Å². The highest BCUT2D eigenvalue weighted by Gasteiger charge is 2.31. The van der Waals surface area contributed by atoms with Gasteiger partial charge in [-0.1, -0.05) is 12.1 Å². The van der Waals surface area contributed by atoms with Crippen molar-refractivity contribution in [2.75, 3.05) is 37.0 Å². The third-order valence-corrected chi connectivity index (χ3v) is 7.27. The number of aryl methyl sites for hydroxylation is 1. The van der Waals surface area contributed by atoms with Gasteiger partial charge in [0.1, 0.15) is 5.75 Å². The average Bonchev–Trinajstić information content (AvgIpc) is 3.12. The summed E-state index contributed by atoms with van der Waals surface area (Å²) in [5.41, 5.74) is 3.57. The molecule has 2 aliphatic rings. The lowest BCUT2D eigenvalue weighted by molar-refractivity contribution is -0.678. The predicted octanol–water partition coefficient (Wildman–Crippen LogP) is 3.71. The number of methoxy groups -OCH3 is 1. The number of benzene rings is 2. The number of ether oxygens (including phenoxy) is 2. The van der Waals surface area contributed by atoms with Gasteiger partial charge in [0, 0.05) is 31.4 Å². The van der Waals surface area contributed by atoms with E-state index in [4.69, 9.17) is 9.47 Å². The molecule has 0 bridgehead atoms. The summed E-state index contributed by atoms with van der Waals surface area (Å²) in [4.78, 5) is 30.9. The Morgan fingerprint density at radius 2 is 1.84 bits per heavy atom. The maximum absolute atomic E-state index is 13.0.